The van der Waals surface area contributed by atoms with E-state index in [0.717, 1.165) is 17.5 Å². The van der Waals surface area contributed by atoms with Crippen molar-refractivity contribution in [1.82, 2.24) is 4.98 Å². The van der Waals surface area contributed by atoms with E-state index in [2.05, 4.69) is 11.9 Å². The molecule has 2 rings (SSSR count). The third-order valence-corrected chi connectivity index (χ3v) is 2.44. The summed E-state index contributed by atoms with van der Waals surface area (Å²) in [4.78, 5) is 4.05. The smallest absolute Gasteiger partial charge is 0.123 e. The fourth-order valence-electron chi connectivity index (χ4n) is 1.56. The second-order valence-electron chi connectivity index (χ2n) is 3.45. The highest BCUT2D eigenvalue weighted by Gasteiger charge is 2.04. The number of aromatic nitrogens is 1. The summed E-state index contributed by atoms with van der Waals surface area (Å²) in [6, 6.07) is 9.50. The molecule has 0 fully saturated rings. The molecule has 0 atom stereocenters. The summed E-state index contributed by atoms with van der Waals surface area (Å²) < 4.78 is 0. The summed E-state index contributed by atoms with van der Waals surface area (Å²) in [6.45, 7) is 2.10. The SMILES string of the molecule is CCc1ccc(O)c(-c2cccnc2)c1. The van der Waals surface area contributed by atoms with Crippen LogP contribution in [0.2, 0.25) is 0 Å². The zero-order chi connectivity index (χ0) is 10.7. The topological polar surface area (TPSA) is 33.1 Å². The molecule has 0 aliphatic heterocycles. The first-order valence-corrected chi connectivity index (χ1v) is 5.03. The van der Waals surface area contributed by atoms with Crippen molar-refractivity contribution in [2.75, 3.05) is 0 Å². The maximum atomic E-state index is 9.76. The van der Waals surface area contributed by atoms with Gasteiger partial charge in [0.2, 0.25) is 0 Å². The van der Waals surface area contributed by atoms with Crippen molar-refractivity contribution in [3.8, 4) is 16.9 Å². The fourth-order valence-corrected chi connectivity index (χ4v) is 1.56. The van der Waals surface area contributed by atoms with Gasteiger partial charge in [-0.25, -0.2) is 0 Å². The van der Waals surface area contributed by atoms with Gasteiger partial charge in [-0.15, -0.1) is 0 Å². The molecule has 0 spiro atoms. The molecule has 0 aliphatic carbocycles. The highest BCUT2D eigenvalue weighted by Crippen LogP contribution is 2.29. The number of phenolic OH excluding ortho intramolecular Hbond substituents is 1. The molecule has 0 bridgehead atoms. The highest BCUT2D eigenvalue weighted by atomic mass is 16.3. The van der Waals surface area contributed by atoms with Crippen LogP contribution in [0.5, 0.6) is 5.75 Å². The van der Waals surface area contributed by atoms with Gasteiger partial charge in [0.25, 0.3) is 0 Å². The first kappa shape index (κ1) is 9.71. The minimum Gasteiger partial charge on any atom is -0.507 e. The summed E-state index contributed by atoms with van der Waals surface area (Å²) in [5.41, 5.74) is 3.01. The predicted molar refractivity (Wildman–Crippen MR) is 60.7 cm³/mol. The van der Waals surface area contributed by atoms with Gasteiger partial charge in [-0.05, 0) is 30.2 Å². The van der Waals surface area contributed by atoms with Crippen molar-refractivity contribution in [3.05, 3.63) is 48.3 Å². The molecule has 1 aromatic carbocycles. The van der Waals surface area contributed by atoms with E-state index in [-0.39, 0.29) is 0 Å². The molecule has 0 aliphatic rings. The van der Waals surface area contributed by atoms with Crippen molar-refractivity contribution < 1.29 is 5.11 Å². The fraction of sp³-hybridized carbons (Fsp3) is 0.154. The van der Waals surface area contributed by atoms with Crippen molar-refractivity contribution in [3.63, 3.8) is 0 Å². The molecule has 0 amide bonds. The van der Waals surface area contributed by atoms with Gasteiger partial charge in [-0.2, -0.15) is 0 Å². The minimum absolute atomic E-state index is 0.306. The molecular weight excluding hydrogens is 186 g/mol. The molecule has 1 heterocycles. The first-order chi connectivity index (χ1) is 7.31. The van der Waals surface area contributed by atoms with Gasteiger partial charge in [0.05, 0.1) is 0 Å². The number of hydrogen-bond donors (Lipinski definition) is 1. The summed E-state index contributed by atoms with van der Waals surface area (Å²) in [5.74, 6) is 0.306. The molecular formula is C13H13NO. The number of benzene rings is 1. The van der Waals surface area contributed by atoms with Crippen LogP contribution in [-0.2, 0) is 6.42 Å². The Labute approximate surface area is 89.2 Å². The van der Waals surface area contributed by atoms with E-state index in [0.29, 0.717) is 5.75 Å². The lowest BCUT2D eigenvalue weighted by atomic mass is 10.0. The van der Waals surface area contributed by atoms with Crippen LogP contribution in [0, 0.1) is 0 Å². The Bertz CT molecular complexity index is 451. The van der Waals surface area contributed by atoms with Gasteiger partial charge < -0.3 is 5.11 Å². The molecule has 1 aromatic heterocycles. The minimum atomic E-state index is 0.306. The van der Waals surface area contributed by atoms with Gasteiger partial charge in [-0.3, -0.25) is 4.98 Å². The van der Waals surface area contributed by atoms with Crippen LogP contribution in [-0.4, -0.2) is 10.1 Å². The van der Waals surface area contributed by atoms with E-state index in [1.807, 2.05) is 24.3 Å². The molecule has 15 heavy (non-hydrogen) atoms. The van der Waals surface area contributed by atoms with Crippen molar-refractivity contribution in [2.24, 2.45) is 0 Å². The van der Waals surface area contributed by atoms with E-state index in [1.165, 1.54) is 5.56 Å². The van der Waals surface area contributed by atoms with Crippen LogP contribution >= 0.6 is 0 Å². The van der Waals surface area contributed by atoms with Gasteiger partial charge in [0.1, 0.15) is 5.75 Å². The molecule has 0 saturated heterocycles. The monoisotopic (exact) mass is 199 g/mol. The zero-order valence-electron chi connectivity index (χ0n) is 8.64. The van der Waals surface area contributed by atoms with Crippen LogP contribution in [0.4, 0.5) is 0 Å². The Morgan fingerprint density at radius 2 is 2.13 bits per heavy atom. The van der Waals surface area contributed by atoms with Gasteiger partial charge in [-0.1, -0.05) is 19.1 Å². The Morgan fingerprint density at radius 3 is 2.80 bits per heavy atom. The van der Waals surface area contributed by atoms with Crippen molar-refractivity contribution in [2.45, 2.75) is 13.3 Å². The standard InChI is InChI=1S/C13H13NO/c1-2-10-5-6-13(15)12(8-10)11-4-3-7-14-9-11/h3-9,15H,2H2,1H3. The molecule has 2 heteroatoms. The second-order valence-corrected chi connectivity index (χ2v) is 3.45. The van der Waals surface area contributed by atoms with Crippen molar-refractivity contribution >= 4 is 0 Å². The molecule has 76 valence electrons. The first-order valence-electron chi connectivity index (χ1n) is 5.03. The molecule has 0 radical (unpaired) electrons. The van der Waals surface area contributed by atoms with E-state index in [4.69, 9.17) is 0 Å². The van der Waals surface area contributed by atoms with E-state index in [1.54, 1.807) is 18.5 Å². The predicted octanol–water partition coefficient (Wildman–Crippen LogP) is 3.02. The van der Waals surface area contributed by atoms with E-state index in [9.17, 15) is 5.11 Å². The lowest BCUT2D eigenvalue weighted by molar-refractivity contribution is 0.477. The Hall–Kier alpha value is -1.83. The largest absolute Gasteiger partial charge is 0.507 e. The molecule has 2 aromatic rings. The summed E-state index contributed by atoms with van der Waals surface area (Å²) in [5, 5.41) is 9.76. The van der Waals surface area contributed by atoms with Gasteiger partial charge >= 0.3 is 0 Å². The third-order valence-electron chi connectivity index (χ3n) is 2.44. The Kier molecular flexibility index (Phi) is 2.68. The number of hydrogen-bond acceptors (Lipinski definition) is 2. The summed E-state index contributed by atoms with van der Waals surface area (Å²) >= 11 is 0. The maximum Gasteiger partial charge on any atom is 0.123 e. The van der Waals surface area contributed by atoms with Crippen LogP contribution in [0.15, 0.2) is 42.7 Å². The molecule has 0 saturated carbocycles. The van der Waals surface area contributed by atoms with Crippen LogP contribution in [0.1, 0.15) is 12.5 Å². The summed E-state index contributed by atoms with van der Waals surface area (Å²) in [7, 11) is 0. The van der Waals surface area contributed by atoms with Crippen LogP contribution < -0.4 is 0 Å². The molecule has 0 unspecified atom stereocenters. The number of phenols is 1. The number of aromatic hydroxyl groups is 1. The van der Waals surface area contributed by atoms with Gasteiger partial charge in [0.15, 0.2) is 0 Å². The number of aryl methyl sites for hydroxylation is 1. The average Bonchev–Trinajstić information content (AvgIpc) is 2.31. The number of nitrogens with zero attached hydrogens (tertiary/aromatic N) is 1. The Morgan fingerprint density at radius 1 is 1.27 bits per heavy atom. The third kappa shape index (κ3) is 1.99. The normalized spacial score (nSPS) is 10.2. The van der Waals surface area contributed by atoms with E-state index >= 15 is 0 Å². The molecule has 2 nitrogen and oxygen atoms in total. The average molecular weight is 199 g/mol. The zero-order valence-corrected chi connectivity index (χ0v) is 8.64. The maximum absolute atomic E-state index is 9.76. The Balaban J connectivity index is 2.52. The van der Waals surface area contributed by atoms with Gasteiger partial charge in [0, 0.05) is 23.5 Å². The van der Waals surface area contributed by atoms with E-state index < -0.39 is 0 Å². The molecule has 1 N–H and O–H groups in total. The number of pyridine rings is 1. The lowest BCUT2D eigenvalue weighted by Crippen LogP contribution is -1.84. The second kappa shape index (κ2) is 4.13. The summed E-state index contributed by atoms with van der Waals surface area (Å²) in [6.07, 6.45) is 4.45. The highest BCUT2D eigenvalue weighted by molar-refractivity contribution is 5.69. The number of rotatable bonds is 2. The van der Waals surface area contributed by atoms with Crippen molar-refractivity contribution in [1.29, 1.82) is 0 Å². The lowest BCUT2D eigenvalue weighted by Gasteiger charge is -2.06. The van der Waals surface area contributed by atoms with Crippen LogP contribution in [0.25, 0.3) is 11.1 Å². The quantitative estimate of drug-likeness (QED) is 0.806. The van der Waals surface area contributed by atoms with Crippen LogP contribution in [0.3, 0.4) is 0 Å².